The van der Waals surface area contributed by atoms with Crippen LogP contribution >= 0.6 is 11.6 Å². The number of benzene rings is 1. The normalized spacial score (nSPS) is 12.0. The second-order valence-electron chi connectivity index (χ2n) is 5.93. The van der Waals surface area contributed by atoms with E-state index in [4.69, 9.17) is 15.8 Å². The molecule has 0 saturated heterocycles. The van der Waals surface area contributed by atoms with Crippen molar-refractivity contribution in [2.45, 2.75) is 6.54 Å². The quantitative estimate of drug-likeness (QED) is 0.633. The van der Waals surface area contributed by atoms with E-state index >= 15 is 0 Å². The van der Waals surface area contributed by atoms with Gasteiger partial charge in [-0.3, -0.25) is 4.40 Å². The molecule has 0 N–H and O–H groups in total. The fourth-order valence-electron chi connectivity index (χ4n) is 2.45. The minimum absolute atomic E-state index is 0.177. The summed E-state index contributed by atoms with van der Waals surface area (Å²) in [4.78, 5) is 1.99. The minimum atomic E-state index is -3.68. The fraction of sp³-hybridized carbons (Fsp3) is 0.250. The molecule has 25 heavy (non-hydrogen) atoms. The van der Waals surface area contributed by atoms with Gasteiger partial charge in [-0.2, -0.15) is 8.42 Å². The summed E-state index contributed by atoms with van der Waals surface area (Å²) < 4.78 is 30.1. The van der Waals surface area contributed by atoms with Crippen LogP contribution in [0.25, 0.3) is 16.8 Å². The highest BCUT2D eigenvalue weighted by Crippen LogP contribution is 2.33. The van der Waals surface area contributed by atoms with Gasteiger partial charge in [-0.15, -0.1) is 10.2 Å². The Kier molecular flexibility index (Phi) is 4.68. The summed E-state index contributed by atoms with van der Waals surface area (Å²) >= 11 is 5.99. The summed E-state index contributed by atoms with van der Waals surface area (Å²) in [5.74, 6) is 0.956. The molecule has 0 amide bonds. The Morgan fingerprint density at radius 2 is 1.96 bits per heavy atom. The van der Waals surface area contributed by atoms with Gasteiger partial charge >= 0.3 is 10.1 Å². The van der Waals surface area contributed by atoms with Crippen molar-refractivity contribution in [1.82, 2.24) is 19.5 Å². The van der Waals surface area contributed by atoms with Gasteiger partial charge in [-0.25, -0.2) is 0 Å². The van der Waals surface area contributed by atoms with Crippen molar-refractivity contribution in [3.05, 3.63) is 47.4 Å². The molecule has 2 heterocycles. The van der Waals surface area contributed by atoms with E-state index in [1.165, 1.54) is 6.07 Å². The number of rotatable bonds is 5. The average Bonchev–Trinajstić information content (AvgIpc) is 2.87. The number of halogens is 1. The van der Waals surface area contributed by atoms with Crippen LogP contribution < -0.4 is 4.18 Å². The van der Waals surface area contributed by atoms with Gasteiger partial charge in [-0.1, -0.05) is 11.6 Å². The highest BCUT2D eigenvalue weighted by atomic mass is 35.5. The zero-order chi connectivity index (χ0) is 18.2. The molecule has 0 spiro atoms. The summed E-state index contributed by atoms with van der Waals surface area (Å²) in [6.45, 7) is 0.623. The van der Waals surface area contributed by atoms with Gasteiger partial charge in [-0.05, 0) is 38.4 Å². The van der Waals surface area contributed by atoms with Crippen molar-refractivity contribution in [3.63, 3.8) is 0 Å². The van der Waals surface area contributed by atoms with E-state index in [-0.39, 0.29) is 5.75 Å². The molecule has 3 rings (SSSR count). The molecule has 0 unspecified atom stereocenters. The average molecular weight is 381 g/mol. The maximum atomic E-state index is 11.5. The molecule has 0 radical (unpaired) electrons. The van der Waals surface area contributed by atoms with Gasteiger partial charge in [0.25, 0.3) is 0 Å². The monoisotopic (exact) mass is 380 g/mol. The first-order valence-corrected chi connectivity index (χ1v) is 9.60. The molecule has 0 fully saturated rings. The first kappa shape index (κ1) is 17.7. The van der Waals surface area contributed by atoms with Crippen LogP contribution in [0.3, 0.4) is 0 Å². The van der Waals surface area contributed by atoms with Crippen molar-refractivity contribution in [1.29, 1.82) is 0 Å². The Morgan fingerprint density at radius 1 is 1.20 bits per heavy atom. The van der Waals surface area contributed by atoms with Gasteiger partial charge in [0.15, 0.2) is 17.2 Å². The van der Waals surface area contributed by atoms with E-state index < -0.39 is 10.1 Å². The molecule has 0 bridgehead atoms. The van der Waals surface area contributed by atoms with Crippen LogP contribution in [0.2, 0.25) is 5.02 Å². The smallest absolute Gasteiger partial charge is 0.306 e. The third kappa shape index (κ3) is 4.09. The van der Waals surface area contributed by atoms with Crippen molar-refractivity contribution in [2.24, 2.45) is 0 Å². The van der Waals surface area contributed by atoms with E-state index in [0.717, 1.165) is 17.6 Å². The Labute approximate surface area is 150 Å². The Bertz CT molecular complexity index is 1030. The van der Waals surface area contributed by atoms with Crippen LogP contribution in [0.4, 0.5) is 0 Å². The van der Waals surface area contributed by atoms with Crippen LogP contribution in [0.15, 0.2) is 36.5 Å². The lowest BCUT2D eigenvalue weighted by Crippen LogP contribution is -2.13. The molecule has 132 valence electrons. The first-order chi connectivity index (χ1) is 11.7. The van der Waals surface area contributed by atoms with E-state index in [2.05, 4.69) is 10.2 Å². The van der Waals surface area contributed by atoms with Gasteiger partial charge in [0.2, 0.25) is 0 Å². The largest absolute Gasteiger partial charge is 0.382 e. The summed E-state index contributed by atoms with van der Waals surface area (Å²) in [6.07, 6.45) is 2.85. The molecule has 2 aromatic heterocycles. The van der Waals surface area contributed by atoms with E-state index in [9.17, 15) is 8.42 Å². The first-order valence-electron chi connectivity index (χ1n) is 7.41. The standard InChI is InChI=1S/C16H17ClN4O3S/c1-20(2)10-16-19-18-15-7-4-11(9-21(15)16)13-6-5-12(17)8-14(13)24-25(3,22)23/h4-9H,10H2,1-3H3. The van der Waals surface area contributed by atoms with Crippen LogP contribution in [0, 0.1) is 0 Å². The third-order valence-electron chi connectivity index (χ3n) is 3.43. The molecule has 9 heteroatoms. The molecule has 0 aliphatic heterocycles. The summed E-state index contributed by atoms with van der Waals surface area (Å²) in [5, 5.41) is 8.72. The lowest BCUT2D eigenvalue weighted by atomic mass is 10.1. The van der Waals surface area contributed by atoms with Crippen LogP contribution in [-0.4, -0.2) is 48.3 Å². The van der Waals surface area contributed by atoms with Crippen molar-refractivity contribution < 1.29 is 12.6 Å². The molecule has 0 aliphatic carbocycles. The zero-order valence-corrected chi connectivity index (χ0v) is 15.5. The van der Waals surface area contributed by atoms with Gasteiger partial charge < -0.3 is 9.08 Å². The van der Waals surface area contributed by atoms with Gasteiger partial charge in [0.1, 0.15) is 0 Å². The highest BCUT2D eigenvalue weighted by molar-refractivity contribution is 7.86. The van der Waals surface area contributed by atoms with Gasteiger partial charge in [0, 0.05) is 28.4 Å². The number of hydrogen-bond donors (Lipinski definition) is 0. The molecular weight excluding hydrogens is 364 g/mol. The Balaban J connectivity index is 2.13. The maximum absolute atomic E-state index is 11.5. The van der Waals surface area contributed by atoms with Crippen molar-refractivity contribution in [2.75, 3.05) is 20.4 Å². The molecule has 3 aromatic rings. The Hall–Kier alpha value is -2.16. The van der Waals surface area contributed by atoms with Gasteiger partial charge in [0.05, 0.1) is 12.8 Å². The van der Waals surface area contributed by atoms with E-state index in [0.29, 0.717) is 22.8 Å². The maximum Gasteiger partial charge on any atom is 0.306 e. The zero-order valence-electron chi connectivity index (χ0n) is 14.0. The summed E-state index contributed by atoms with van der Waals surface area (Å²) in [5.41, 5.74) is 2.09. The molecule has 0 saturated carbocycles. The number of pyridine rings is 1. The predicted molar refractivity (Wildman–Crippen MR) is 96.3 cm³/mol. The number of aromatic nitrogens is 3. The van der Waals surface area contributed by atoms with E-state index in [1.807, 2.05) is 41.7 Å². The minimum Gasteiger partial charge on any atom is -0.382 e. The summed E-state index contributed by atoms with van der Waals surface area (Å²) in [7, 11) is 0.216. The lowest BCUT2D eigenvalue weighted by Gasteiger charge is -2.12. The van der Waals surface area contributed by atoms with Crippen LogP contribution in [0.5, 0.6) is 5.75 Å². The SMILES string of the molecule is CN(C)Cc1nnc2ccc(-c3ccc(Cl)cc3OS(C)(=O)=O)cn12. The second-order valence-corrected chi connectivity index (χ2v) is 7.94. The van der Waals surface area contributed by atoms with Crippen LogP contribution in [0.1, 0.15) is 5.82 Å². The van der Waals surface area contributed by atoms with Crippen molar-refractivity contribution >= 4 is 27.4 Å². The second kappa shape index (κ2) is 6.62. The van der Waals surface area contributed by atoms with E-state index in [1.54, 1.807) is 12.1 Å². The number of hydrogen-bond acceptors (Lipinski definition) is 6. The van der Waals surface area contributed by atoms with Crippen molar-refractivity contribution in [3.8, 4) is 16.9 Å². The number of nitrogens with zero attached hydrogens (tertiary/aromatic N) is 4. The number of fused-ring (bicyclic) bond motifs is 1. The molecule has 1 aromatic carbocycles. The lowest BCUT2D eigenvalue weighted by molar-refractivity contribution is 0.388. The predicted octanol–water partition coefficient (Wildman–Crippen LogP) is 2.45. The highest BCUT2D eigenvalue weighted by Gasteiger charge is 2.14. The molecular formula is C16H17ClN4O3S. The molecule has 0 atom stereocenters. The molecule has 7 nitrogen and oxygen atoms in total. The fourth-order valence-corrected chi connectivity index (χ4v) is 3.08. The third-order valence-corrected chi connectivity index (χ3v) is 4.14. The van der Waals surface area contributed by atoms with Crippen LogP contribution in [-0.2, 0) is 16.7 Å². The molecule has 0 aliphatic rings. The topological polar surface area (TPSA) is 76.8 Å². The Morgan fingerprint density at radius 3 is 2.64 bits per heavy atom. The summed E-state index contributed by atoms with van der Waals surface area (Å²) in [6, 6.07) is 8.54.